The van der Waals surface area contributed by atoms with Crippen molar-refractivity contribution in [3.63, 3.8) is 0 Å². The average Bonchev–Trinajstić information content (AvgIpc) is 2.93. The molecule has 23 heavy (non-hydrogen) atoms. The standard InChI is InChI=1S/C14H10F3N3O2S/c15-14(16,17)10-2-1-3-13(8-10)23(21,22)19-11-5-7-20-12(9-11)4-6-18-20/h1-9,19H. The number of nitrogens with one attached hydrogen (secondary N) is 1. The lowest BCUT2D eigenvalue weighted by atomic mass is 10.2. The Labute approximate surface area is 129 Å². The predicted molar refractivity (Wildman–Crippen MR) is 77.4 cm³/mol. The number of hydrogen-bond acceptors (Lipinski definition) is 3. The van der Waals surface area contributed by atoms with E-state index in [-0.39, 0.29) is 5.69 Å². The van der Waals surface area contributed by atoms with Crippen LogP contribution in [-0.4, -0.2) is 18.0 Å². The van der Waals surface area contributed by atoms with E-state index >= 15 is 0 Å². The normalized spacial score (nSPS) is 12.5. The fourth-order valence-corrected chi connectivity index (χ4v) is 3.13. The highest BCUT2D eigenvalue weighted by Gasteiger charge is 2.31. The van der Waals surface area contributed by atoms with Crippen molar-refractivity contribution < 1.29 is 21.6 Å². The Balaban J connectivity index is 1.95. The number of hydrogen-bond donors (Lipinski definition) is 1. The molecule has 1 aromatic carbocycles. The maximum Gasteiger partial charge on any atom is 0.416 e. The fourth-order valence-electron chi connectivity index (χ4n) is 2.04. The number of rotatable bonds is 3. The van der Waals surface area contributed by atoms with Gasteiger partial charge >= 0.3 is 6.18 Å². The Morgan fingerprint density at radius 1 is 1.09 bits per heavy atom. The molecule has 2 heterocycles. The summed E-state index contributed by atoms with van der Waals surface area (Å²) in [6.45, 7) is 0. The van der Waals surface area contributed by atoms with Crippen molar-refractivity contribution in [2.24, 2.45) is 0 Å². The molecular weight excluding hydrogens is 331 g/mol. The highest BCUT2D eigenvalue weighted by molar-refractivity contribution is 7.92. The van der Waals surface area contributed by atoms with Crippen LogP contribution in [0.15, 0.2) is 59.8 Å². The number of pyridine rings is 1. The van der Waals surface area contributed by atoms with Crippen LogP contribution in [0.4, 0.5) is 18.9 Å². The zero-order valence-corrected chi connectivity index (χ0v) is 12.3. The van der Waals surface area contributed by atoms with Crippen molar-refractivity contribution in [2.75, 3.05) is 4.72 Å². The van der Waals surface area contributed by atoms with E-state index < -0.39 is 26.7 Å². The highest BCUT2D eigenvalue weighted by atomic mass is 32.2. The van der Waals surface area contributed by atoms with Gasteiger partial charge in [-0.2, -0.15) is 18.3 Å². The van der Waals surface area contributed by atoms with Gasteiger partial charge in [-0.25, -0.2) is 12.9 Å². The van der Waals surface area contributed by atoms with Crippen LogP contribution in [0.3, 0.4) is 0 Å². The monoisotopic (exact) mass is 341 g/mol. The smallest absolute Gasteiger partial charge is 0.279 e. The van der Waals surface area contributed by atoms with Crippen molar-refractivity contribution >= 4 is 21.2 Å². The van der Waals surface area contributed by atoms with Gasteiger partial charge in [-0.3, -0.25) is 4.72 Å². The largest absolute Gasteiger partial charge is 0.416 e. The van der Waals surface area contributed by atoms with Crippen LogP contribution in [0.1, 0.15) is 5.56 Å². The number of halogens is 3. The third-order valence-electron chi connectivity index (χ3n) is 3.12. The molecule has 2 aromatic heterocycles. The summed E-state index contributed by atoms with van der Waals surface area (Å²) in [5.74, 6) is 0. The number of aromatic nitrogens is 2. The molecule has 5 nitrogen and oxygen atoms in total. The van der Waals surface area contributed by atoms with Gasteiger partial charge in [0.05, 0.1) is 21.7 Å². The summed E-state index contributed by atoms with van der Waals surface area (Å²) in [5.41, 5.74) is -0.142. The van der Waals surface area contributed by atoms with Crippen LogP contribution >= 0.6 is 0 Å². The third kappa shape index (κ3) is 3.14. The van der Waals surface area contributed by atoms with Crippen molar-refractivity contribution in [3.05, 3.63) is 60.4 Å². The van der Waals surface area contributed by atoms with E-state index in [1.54, 1.807) is 18.5 Å². The van der Waals surface area contributed by atoms with Gasteiger partial charge in [0.25, 0.3) is 10.0 Å². The summed E-state index contributed by atoms with van der Waals surface area (Å²) >= 11 is 0. The Bertz CT molecular complexity index is 965. The first-order chi connectivity index (χ1) is 10.8. The van der Waals surface area contributed by atoms with Gasteiger partial charge in [-0.15, -0.1) is 0 Å². The first-order valence-corrected chi connectivity index (χ1v) is 7.87. The van der Waals surface area contributed by atoms with Crippen LogP contribution in [0, 0.1) is 0 Å². The maximum absolute atomic E-state index is 12.7. The Kier molecular flexibility index (Phi) is 3.52. The van der Waals surface area contributed by atoms with Gasteiger partial charge in [-0.1, -0.05) is 6.07 Å². The van der Waals surface area contributed by atoms with Crippen molar-refractivity contribution in [1.82, 2.24) is 9.61 Å². The molecule has 0 unspecified atom stereocenters. The van der Waals surface area contributed by atoms with E-state index in [1.807, 2.05) is 0 Å². The summed E-state index contributed by atoms with van der Waals surface area (Å²) in [6, 6.07) is 8.23. The molecule has 3 aromatic rings. The second kappa shape index (κ2) is 5.27. The van der Waals surface area contributed by atoms with E-state index in [1.165, 1.54) is 16.6 Å². The number of sulfonamides is 1. The first kappa shape index (κ1) is 15.3. The second-order valence-corrected chi connectivity index (χ2v) is 6.43. The Morgan fingerprint density at radius 2 is 1.87 bits per heavy atom. The molecule has 0 saturated heterocycles. The van der Waals surface area contributed by atoms with Gasteiger partial charge in [0, 0.05) is 12.4 Å². The van der Waals surface area contributed by atoms with Crippen LogP contribution in [-0.2, 0) is 16.2 Å². The molecule has 0 aliphatic rings. The maximum atomic E-state index is 12.7. The quantitative estimate of drug-likeness (QED) is 0.796. The highest BCUT2D eigenvalue weighted by Crippen LogP contribution is 2.30. The van der Waals surface area contributed by atoms with Crippen LogP contribution < -0.4 is 4.72 Å². The van der Waals surface area contributed by atoms with Crippen LogP contribution in [0.5, 0.6) is 0 Å². The SMILES string of the molecule is O=S(=O)(Nc1ccn2nccc2c1)c1cccc(C(F)(F)F)c1. The lowest BCUT2D eigenvalue weighted by Crippen LogP contribution is -2.14. The van der Waals surface area contributed by atoms with E-state index in [0.717, 1.165) is 18.2 Å². The van der Waals surface area contributed by atoms with Crippen molar-refractivity contribution in [3.8, 4) is 0 Å². The molecule has 0 amide bonds. The molecule has 0 fully saturated rings. The van der Waals surface area contributed by atoms with Gasteiger partial charge < -0.3 is 0 Å². The zero-order chi connectivity index (χ0) is 16.7. The average molecular weight is 341 g/mol. The van der Waals surface area contributed by atoms with Gasteiger partial charge in [0.2, 0.25) is 0 Å². The van der Waals surface area contributed by atoms with Crippen molar-refractivity contribution in [1.29, 1.82) is 0 Å². The van der Waals surface area contributed by atoms with Gasteiger partial charge in [-0.05, 0) is 36.4 Å². The second-order valence-electron chi connectivity index (χ2n) is 4.75. The molecule has 0 aliphatic carbocycles. The minimum Gasteiger partial charge on any atom is -0.279 e. The number of nitrogens with zero attached hydrogens (tertiary/aromatic N) is 2. The molecule has 1 N–H and O–H groups in total. The number of alkyl halides is 3. The Hall–Kier alpha value is -2.55. The molecule has 0 spiro atoms. The van der Waals surface area contributed by atoms with Crippen molar-refractivity contribution in [2.45, 2.75) is 11.1 Å². The third-order valence-corrected chi connectivity index (χ3v) is 4.50. The van der Waals surface area contributed by atoms with E-state index in [0.29, 0.717) is 11.6 Å². The van der Waals surface area contributed by atoms with E-state index in [4.69, 9.17) is 0 Å². The number of benzene rings is 1. The molecule has 0 radical (unpaired) electrons. The van der Waals surface area contributed by atoms with Crippen LogP contribution in [0.2, 0.25) is 0 Å². The molecule has 3 rings (SSSR count). The van der Waals surface area contributed by atoms with Crippen LogP contribution in [0.25, 0.3) is 5.52 Å². The minimum absolute atomic E-state index is 0.232. The Morgan fingerprint density at radius 3 is 2.61 bits per heavy atom. The summed E-state index contributed by atoms with van der Waals surface area (Å²) < 4.78 is 66.4. The fraction of sp³-hybridized carbons (Fsp3) is 0.0714. The molecule has 0 bridgehead atoms. The number of fused-ring (bicyclic) bond motifs is 1. The molecular formula is C14H10F3N3O2S. The topological polar surface area (TPSA) is 63.5 Å². The van der Waals surface area contributed by atoms with E-state index in [2.05, 4.69) is 9.82 Å². The zero-order valence-electron chi connectivity index (χ0n) is 11.4. The molecule has 0 aliphatic heterocycles. The summed E-state index contributed by atoms with van der Waals surface area (Å²) in [6.07, 6.45) is -1.53. The molecule has 0 saturated carbocycles. The summed E-state index contributed by atoms with van der Waals surface area (Å²) in [7, 11) is -4.13. The summed E-state index contributed by atoms with van der Waals surface area (Å²) in [4.78, 5) is -0.458. The lowest BCUT2D eigenvalue weighted by molar-refractivity contribution is -0.137. The molecule has 120 valence electrons. The predicted octanol–water partition coefficient (Wildman–Crippen LogP) is 3.15. The minimum atomic E-state index is -4.61. The molecule has 0 atom stereocenters. The van der Waals surface area contributed by atoms with Gasteiger partial charge in [0.15, 0.2) is 0 Å². The van der Waals surface area contributed by atoms with E-state index in [9.17, 15) is 21.6 Å². The number of anilines is 1. The molecule has 9 heteroatoms. The lowest BCUT2D eigenvalue weighted by Gasteiger charge is -2.11. The first-order valence-electron chi connectivity index (χ1n) is 6.39. The van der Waals surface area contributed by atoms with Gasteiger partial charge in [0.1, 0.15) is 0 Å². The summed E-state index contributed by atoms with van der Waals surface area (Å²) in [5, 5.41) is 3.97.